The third-order valence-corrected chi connectivity index (χ3v) is 5.92. The third-order valence-electron chi connectivity index (χ3n) is 5.22. The second-order valence-corrected chi connectivity index (χ2v) is 8.49. The molecule has 0 spiro atoms. The van der Waals surface area contributed by atoms with Crippen molar-refractivity contribution in [3.8, 4) is 17.6 Å². The fourth-order valence-corrected chi connectivity index (χ4v) is 4.69. The zero-order valence-electron chi connectivity index (χ0n) is 16.3. The molecule has 1 aliphatic carbocycles. The predicted molar refractivity (Wildman–Crippen MR) is 107 cm³/mol. The van der Waals surface area contributed by atoms with E-state index in [1.54, 1.807) is 14.2 Å². The van der Waals surface area contributed by atoms with E-state index in [0.717, 1.165) is 17.7 Å². The van der Waals surface area contributed by atoms with Gasteiger partial charge in [0, 0.05) is 18.1 Å². The van der Waals surface area contributed by atoms with Crippen LogP contribution in [0.3, 0.4) is 0 Å². The minimum absolute atomic E-state index is 0.109. The van der Waals surface area contributed by atoms with Crippen molar-refractivity contribution in [2.24, 2.45) is 16.3 Å². The number of nitriles is 1. The fraction of sp³-hybridized carbons (Fsp3) is 0.476. The summed E-state index contributed by atoms with van der Waals surface area (Å²) in [5.41, 5.74) is 2.21. The Balaban J connectivity index is 2.18. The first kappa shape index (κ1) is 19.5. The number of allylic oxidation sites excluding steroid dienone is 1. The highest BCUT2D eigenvalue weighted by molar-refractivity contribution is 8.02. The van der Waals surface area contributed by atoms with Gasteiger partial charge in [0.25, 0.3) is 0 Å². The first-order valence-corrected chi connectivity index (χ1v) is 10.1. The summed E-state index contributed by atoms with van der Waals surface area (Å²) in [7, 11) is 3.17. The molecular weight excluding hydrogens is 360 g/mol. The molecule has 1 fully saturated rings. The smallest absolute Gasteiger partial charge is 0.161 e. The Morgan fingerprint density at radius 1 is 1.19 bits per heavy atom. The van der Waals surface area contributed by atoms with Crippen molar-refractivity contribution in [1.29, 1.82) is 5.26 Å². The van der Waals surface area contributed by atoms with Gasteiger partial charge in [-0.2, -0.15) is 5.26 Å². The highest BCUT2D eigenvalue weighted by Gasteiger charge is 2.46. The quantitative estimate of drug-likeness (QED) is 0.772. The maximum absolute atomic E-state index is 13.1. The number of methoxy groups -OCH3 is 2. The molecule has 0 amide bonds. The van der Waals surface area contributed by atoms with Crippen molar-refractivity contribution < 1.29 is 14.3 Å². The standard InChI is InChI=1S/C21H24N2O3S/c1-21(2)9-14-19(15(24)10-21)18(13(11-22)20(23-14)27-5)12-6-7-16(25-3)17(8-12)26-4/h6-8,18-19H,9-10H2,1-5H3/t18-,19?/m1/s1. The number of nitrogens with zero attached hydrogens (tertiary/aromatic N) is 2. The molecule has 0 saturated heterocycles. The second-order valence-electron chi connectivity index (χ2n) is 7.69. The second kappa shape index (κ2) is 7.40. The largest absolute Gasteiger partial charge is 0.493 e. The van der Waals surface area contributed by atoms with E-state index in [4.69, 9.17) is 14.5 Å². The number of Topliss-reactive ketones (excluding diaryl/α,β-unsaturated/α-hetero) is 1. The summed E-state index contributed by atoms with van der Waals surface area (Å²) in [5, 5.41) is 10.6. The Hall–Kier alpha value is -2.26. The first-order valence-electron chi connectivity index (χ1n) is 8.85. The van der Waals surface area contributed by atoms with E-state index >= 15 is 0 Å². The molecule has 6 heteroatoms. The molecule has 142 valence electrons. The molecule has 0 N–H and O–H groups in total. The van der Waals surface area contributed by atoms with Crippen molar-refractivity contribution in [2.45, 2.75) is 32.6 Å². The van der Waals surface area contributed by atoms with Gasteiger partial charge in [0.1, 0.15) is 10.8 Å². The van der Waals surface area contributed by atoms with Crippen LogP contribution >= 0.6 is 11.8 Å². The molecule has 3 rings (SSSR count). The van der Waals surface area contributed by atoms with Gasteiger partial charge in [-0.25, -0.2) is 4.99 Å². The van der Waals surface area contributed by atoms with Crippen LogP contribution in [0.25, 0.3) is 0 Å². The number of ketones is 1. The summed E-state index contributed by atoms with van der Waals surface area (Å²) < 4.78 is 10.8. The highest BCUT2D eigenvalue weighted by atomic mass is 32.2. The summed E-state index contributed by atoms with van der Waals surface area (Å²) in [6.45, 7) is 4.19. The predicted octanol–water partition coefficient (Wildman–Crippen LogP) is 4.35. The van der Waals surface area contributed by atoms with Crippen LogP contribution < -0.4 is 9.47 Å². The summed E-state index contributed by atoms with van der Waals surface area (Å²) in [5.74, 6) is 0.632. The van der Waals surface area contributed by atoms with Crippen molar-refractivity contribution >= 4 is 23.3 Å². The SMILES string of the molecule is COc1ccc([C@@H]2C(C#N)=C(SC)N=C3CC(C)(C)CC(=O)C32)cc1OC. The van der Waals surface area contributed by atoms with Crippen LogP contribution in [-0.4, -0.2) is 32.0 Å². The van der Waals surface area contributed by atoms with E-state index in [1.165, 1.54) is 11.8 Å². The van der Waals surface area contributed by atoms with Crippen LogP contribution in [0, 0.1) is 22.7 Å². The van der Waals surface area contributed by atoms with Gasteiger partial charge in [-0.05, 0) is 35.8 Å². The average Bonchev–Trinajstić information content (AvgIpc) is 2.64. The maximum atomic E-state index is 13.1. The Morgan fingerprint density at radius 3 is 2.48 bits per heavy atom. The first-order chi connectivity index (χ1) is 12.8. The topological polar surface area (TPSA) is 71.7 Å². The van der Waals surface area contributed by atoms with Crippen LogP contribution in [0.5, 0.6) is 11.5 Å². The van der Waals surface area contributed by atoms with E-state index in [0.29, 0.717) is 28.5 Å². The van der Waals surface area contributed by atoms with Crippen LogP contribution in [0.1, 0.15) is 38.2 Å². The number of benzene rings is 1. The third kappa shape index (κ3) is 3.49. The molecule has 1 saturated carbocycles. The van der Waals surface area contributed by atoms with Gasteiger partial charge in [-0.1, -0.05) is 19.9 Å². The molecule has 5 nitrogen and oxygen atoms in total. The molecule has 1 aromatic rings. The Bertz CT molecular complexity index is 880. The lowest BCUT2D eigenvalue weighted by atomic mass is 9.64. The Kier molecular flexibility index (Phi) is 5.34. The molecule has 1 heterocycles. The lowest BCUT2D eigenvalue weighted by molar-refractivity contribution is -0.124. The fourth-order valence-electron chi connectivity index (χ4n) is 4.09. The number of hydrogen-bond donors (Lipinski definition) is 0. The molecule has 27 heavy (non-hydrogen) atoms. The highest BCUT2D eigenvalue weighted by Crippen LogP contribution is 2.48. The van der Waals surface area contributed by atoms with Gasteiger partial charge in [-0.15, -0.1) is 11.8 Å². The van der Waals surface area contributed by atoms with Gasteiger partial charge >= 0.3 is 0 Å². The van der Waals surface area contributed by atoms with Gasteiger partial charge in [0.2, 0.25) is 0 Å². The number of thioether (sulfide) groups is 1. The average molecular weight is 385 g/mol. The molecule has 0 aromatic heterocycles. The van der Waals surface area contributed by atoms with Gasteiger partial charge in [0.15, 0.2) is 11.5 Å². The number of aliphatic imine (C=N–C) groups is 1. The lowest BCUT2D eigenvalue weighted by Gasteiger charge is -2.40. The van der Waals surface area contributed by atoms with Gasteiger partial charge in [0.05, 0.1) is 31.8 Å². The summed E-state index contributed by atoms with van der Waals surface area (Å²) in [6, 6.07) is 7.93. The van der Waals surface area contributed by atoms with Crippen LogP contribution in [0.15, 0.2) is 33.8 Å². The molecule has 1 aromatic carbocycles. The van der Waals surface area contributed by atoms with E-state index in [9.17, 15) is 10.1 Å². The van der Waals surface area contributed by atoms with Crippen LogP contribution in [0.4, 0.5) is 0 Å². The van der Waals surface area contributed by atoms with E-state index < -0.39 is 0 Å². The molecule has 1 unspecified atom stereocenters. The minimum atomic E-state index is -0.387. The number of rotatable bonds is 4. The normalized spacial score (nSPS) is 24.0. The Morgan fingerprint density at radius 2 is 1.89 bits per heavy atom. The molecule has 2 aliphatic rings. The zero-order chi connectivity index (χ0) is 19.8. The van der Waals surface area contributed by atoms with Crippen molar-refractivity contribution in [2.75, 3.05) is 20.5 Å². The van der Waals surface area contributed by atoms with E-state index in [-0.39, 0.29) is 23.0 Å². The molecule has 0 bridgehead atoms. The van der Waals surface area contributed by atoms with Crippen LogP contribution in [-0.2, 0) is 4.79 Å². The van der Waals surface area contributed by atoms with Gasteiger partial charge in [-0.3, -0.25) is 4.79 Å². The van der Waals surface area contributed by atoms with Crippen molar-refractivity contribution in [3.63, 3.8) is 0 Å². The number of ether oxygens (including phenoxy) is 2. The molecule has 1 aliphatic heterocycles. The van der Waals surface area contributed by atoms with Crippen molar-refractivity contribution in [1.82, 2.24) is 0 Å². The summed E-state index contributed by atoms with van der Waals surface area (Å²) in [4.78, 5) is 17.8. The number of fused-ring (bicyclic) bond motifs is 1. The van der Waals surface area contributed by atoms with E-state index in [2.05, 4.69) is 19.9 Å². The minimum Gasteiger partial charge on any atom is -0.493 e. The van der Waals surface area contributed by atoms with Gasteiger partial charge < -0.3 is 9.47 Å². The maximum Gasteiger partial charge on any atom is 0.161 e. The van der Waals surface area contributed by atoms with E-state index in [1.807, 2.05) is 24.5 Å². The zero-order valence-corrected chi connectivity index (χ0v) is 17.1. The number of hydrogen-bond acceptors (Lipinski definition) is 6. The Labute approximate surface area is 164 Å². The lowest BCUT2D eigenvalue weighted by Crippen LogP contribution is -2.42. The summed E-state index contributed by atoms with van der Waals surface area (Å²) >= 11 is 1.45. The van der Waals surface area contributed by atoms with Crippen LogP contribution in [0.2, 0.25) is 0 Å². The molecule has 2 atom stereocenters. The molecular formula is C21H24N2O3S. The summed E-state index contributed by atoms with van der Waals surface area (Å²) in [6.07, 6.45) is 3.17. The number of carbonyl (C=O) groups excluding carboxylic acids is 1. The van der Waals surface area contributed by atoms with Crippen molar-refractivity contribution in [3.05, 3.63) is 34.4 Å². The molecule has 0 radical (unpaired) electrons. The monoisotopic (exact) mass is 384 g/mol. The number of carbonyl (C=O) groups is 1.